The minimum atomic E-state index is -0.734. The first kappa shape index (κ1) is 20.4. The van der Waals surface area contributed by atoms with E-state index < -0.39 is 5.95 Å². The number of rotatable bonds is 4. The first-order valence-corrected chi connectivity index (χ1v) is 9.68. The number of halogens is 1. The molecule has 11 heteroatoms. The molecule has 0 fully saturated rings. The van der Waals surface area contributed by atoms with Gasteiger partial charge in [-0.05, 0) is 12.5 Å². The molecule has 1 aliphatic heterocycles. The molecule has 0 atom stereocenters. The van der Waals surface area contributed by atoms with E-state index in [1.807, 2.05) is 0 Å². The average molecular weight is 425 g/mol. The Labute approximate surface area is 176 Å². The maximum absolute atomic E-state index is 13.4. The summed E-state index contributed by atoms with van der Waals surface area (Å²) in [6.45, 7) is 0.972. The Bertz CT molecular complexity index is 1200. The summed E-state index contributed by atoms with van der Waals surface area (Å²) >= 11 is 0. The number of aromatic nitrogens is 5. The maximum atomic E-state index is 13.4. The predicted molar refractivity (Wildman–Crippen MR) is 106 cm³/mol. The summed E-state index contributed by atoms with van der Waals surface area (Å²) in [5, 5.41) is 6.66. The Hall–Kier alpha value is -3.89. The fourth-order valence-corrected chi connectivity index (χ4v) is 3.43. The monoisotopic (exact) mass is 425 g/mol. The summed E-state index contributed by atoms with van der Waals surface area (Å²) in [6.07, 6.45) is 4.82. The van der Waals surface area contributed by atoms with Gasteiger partial charge in [0.15, 0.2) is 0 Å². The molecule has 10 nitrogen and oxygen atoms in total. The number of carbonyl (C=O) groups excluding carboxylic acids is 2. The molecule has 4 rings (SSSR count). The van der Waals surface area contributed by atoms with Gasteiger partial charge in [0.2, 0.25) is 5.95 Å². The summed E-state index contributed by atoms with van der Waals surface area (Å²) in [7, 11) is 1.71. The van der Waals surface area contributed by atoms with Gasteiger partial charge in [-0.15, -0.1) is 0 Å². The van der Waals surface area contributed by atoms with Crippen LogP contribution in [0.4, 0.5) is 4.39 Å². The summed E-state index contributed by atoms with van der Waals surface area (Å²) in [5.74, 6) is -1.01. The number of hydrogen-bond acceptors (Lipinski definition) is 6. The van der Waals surface area contributed by atoms with Crippen LogP contribution in [-0.2, 0) is 26.7 Å². The maximum Gasteiger partial charge on any atom is 0.254 e. The molecular weight excluding hydrogens is 405 g/mol. The molecule has 0 unspecified atom stereocenters. The number of amides is 2. The highest BCUT2D eigenvalue weighted by Gasteiger charge is 2.23. The molecule has 31 heavy (non-hydrogen) atoms. The Morgan fingerprint density at radius 3 is 2.81 bits per heavy atom. The van der Waals surface area contributed by atoms with Crippen LogP contribution in [0.1, 0.15) is 38.7 Å². The zero-order chi connectivity index (χ0) is 22.0. The van der Waals surface area contributed by atoms with Crippen molar-refractivity contribution in [2.45, 2.75) is 26.1 Å². The molecule has 3 aromatic heterocycles. The molecule has 3 aromatic rings. The largest absolute Gasteiger partial charge is 0.346 e. The highest BCUT2D eigenvalue weighted by molar-refractivity contribution is 5.94. The zero-order valence-corrected chi connectivity index (χ0v) is 16.8. The summed E-state index contributed by atoms with van der Waals surface area (Å²) < 4.78 is 16.5. The molecule has 1 N–H and O–H groups in total. The smallest absolute Gasteiger partial charge is 0.254 e. The lowest BCUT2D eigenvalue weighted by Gasteiger charge is -2.20. The van der Waals surface area contributed by atoms with Crippen LogP contribution in [-0.4, -0.2) is 47.6 Å². The lowest BCUT2D eigenvalue weighted by Crippen LogP contribution is -2.33. The van der Waals surface area contributed by atoms with Crippen LogP contribution in [0.15, 0.2) is 41.6 Å². The number of aryl methyl sites for hydroxylation is 1. The summed E-state index contributed by atoms with van der Waals surface area (Å²) in [4.78, 5) is 47.1. The van der Waals surface area contributed by atoms with Gasteiger partial charge in [0, 0.05) is 50.2 Å². The molecule has 0 aliphatic carbocycles. The van der Waals surface area contributed by atoms with E-state index in [9.17, 15) is 18.8 Å². The van der Waals surface area contributed by atoms with E-state index in [0.717, 1.165) is 6.07 Å². The van der Waals surface area contributed by atoms with Crippen LogP contribution in [0.3, 0.4) is 0 Å². The number of carbonyl (C=O) groups is 2. The molecule has 2 amide bonds. The minimum absolute atomic E-state index is 0.0559. The number of pyridine rings is 1. The van der Waals surface area contributed by atoms with E-state index in [0.29, 0.717) is 36.6 Å². The van der Waals surface area contributed by atoms with Crippen LogP contribution in [0, 0.1) is 5.95 Å². The molecule has 1 aliphatic rings. The second kappa shape index (κ2) is 8.46. The number of fused-ring (bicyclic) bond motifs is 1. The van der Waals surface area contributed by atoms with Crippen molar-refractivity contribution >= 4 is 11.8 Å². The predicted octanol–water partition coefficient (Wildman–Crippen LogP) is 0.487. The van der Waals surface area contributed by atoms with Crippen molar-refractivity contribution in [1.82, 2.24) is 34.5 Å². The molecule has 0 bridgehead atoms. The van der Waals surface area contributed by atoms with Gasteiger partial charge < -0.3 is 10.2 Å². The van der Waals surface area contributed by atoms with Crippen molar-refractivity contribution < 1.29 is 14.0 Å². The molecule has 0 saturated heterocycles. The van der Waals surface area contributed by atoms with E-state index in [1.165, 1.54) is 38.7 Å². The van der Waals surface area contributed by atoms with E-state index in [4.69, 9.17) is 0 Å². The number of hydrogen-bond donors (Lipinski definition) is 1. The fourth-order valence-electron chi connectivity index (χ4n) is 3.43. The second-order valence-corrected chi connectivity index (χ2v) is 7.19. The normalized spacial score (nSPS) is 13.4. The van der Waals surface area contributed by atoms with Gasteiger partial charge in [0.1, 0.15) is 5.82 Å². The minimum Gasteiger partial charge on any atom is -0.346 e. The molecule has 0 spiro atoms. The molecule has 4 heterocycles. The SMILES string of the molecule is Cn1cc(C(=O)NCc2cc(=O)n3c(n2)CN(C(=O)c2ccnc(F)c2)CCC3)cn1. The summed E-state index contributed by atoms with van der Waals surface area (Å²) in [6, 6.07) is 3.90. The third-order valence-corrected chi connectivity index (χ3v) is 4.94. The molecule has 0 radical (unpaired) electrons. The van der Waals surface area contributed by atoms with Crippen LogP contribution in [0.2, 0.25) is 0 Å². The Kier molecular flexibility index (Phi) is 5.56. The van der Waals surface area contributed by atoms with Gasteiger partial charge in [-0.2, -0.15) is 9.49 Å². The molecule has 0 saturated carbocycles. The van der Waals surface area contributed by atoms with Crippen LogP contribution in [0.25, 0.3) is 0 Å². The average Bonchev–Trinajstić information content (AvgIpc) is 3.06. The van der Waals surface area contributed by atoms with Crippen LogP contribution in [0.5, 0.6) is 0 Å². The molecule has 160 valence electrons. The fraction of sp³-hybridized carbons (Fsp3) is 0.300. The van der Waals surface area contributed by atoms with Gasteiger partial charge in [0.25, 0.3) is 17.4 Å². The quantitative estimate of drug-likeness (QED) is 0.609. The van der Waals surface area contributed by atoms with Gasteiger partial charge in [-0.1, -0.05) is 0 Å². The molecule has 0 aromatic carbocycles. The van der Waals surface area contributed by atoms with Crippen molar-refractivity contribution in [3.8, 4) is 0 Å². The van der Waals surface area contributed by atoms with Crippen LogP contribution < -0.4 is 10.9 Å². The lowest BCUT2D eigenvalue weighted by molar-refractivity contribution is 0.0743. The van der Waals surface area contributed by atoms with Crippen molar-refractivity contribution in [2.75, 3.05) is 6.54 Å². The number of nitrogens with one attached hydrogen (secondary N) is 1. The van der Waals surface area contributed by atoms with Crippen molar-refractivity contribution in [3.63, 3.8) is 0 Å². The highest BCUT2D eigenvalue weighted by Crippen LogP contribution is 2.14. The second-order valence-electron chi connectivity index (χ2n) is 7.19. The van der Waals surface area contributed by atoms with E-state index >= 15 is 0 Å². The van der Waals surface area contributed by atoms with Crippen molar-refractivity contribution in [3.05, 3.63) is 75.7 Å². The highest BCUT2D eigenvalue weighted by atomic mass is 19.1. The molecular formula is C20H20FN7O3. The standard InChI is InChI=1S/C20H20FN7O3/c1-26-11-14(9-24-26)19(30)23-10-15-8-18(29)28-6-2-5-27(12-17(28)25-15)20(31)13-3-4-22-16(21)7-13/h3-4,7-9,11H,2,5-6,10,12H2,1H3,(H,23,30). The van der Waals surface area contributed by atoms with Crippen molar-refractivity contribution in [2.24, 2.45) is 7.05 Å². The van der Waals surface area contributed by atoms with E-state index in [2.05, 4.69) is 20.4 Å². The van der Waals surface area contributed by atoms with Gasteiger partial charge in [-0.3, -0.25) is 23.6 Å². The topological polar surface area (TPSA) is 115 Å². The van der Waals surface area contributed by atoms with Gasteiger partial charge in [0.05, 0.1) is 30.5 Å². The summed E-state index contributed by atoms with van der Waals surface area (Å²) in [5.41, 5.74) is 0.719. The number of nitrogens with zero attached hydrogens (tertiary/aromatic N) is 6. The Morgan fingerprint density at radius 1 is 1.23 bits per heavy atom. The first-order valence-electron chi connectivity index (χ1n) is 9.68. The van der Waals surface area contributed by atoms with Crippen LogP contribution >= 0.6 is 0 Å². The van der Waals surface area contributed by atoms with Gasteiger partial charge >= 0.3 is 0 Å². The van der Waals surface area contributed by atoms with E-state index in [-0.39, 0.29) is 36.0 Å². The lowest BCUT2D eigenvalue weighted by atomic mass is 10.2. The zero-order valence-electron chi connectivity index (χ0n) is 16.8. The van der Waals surface area contributed by atoms with Gasteiger partial charge in [-0.25, -0.2) is 9.97 Å². The van der Waals surface area contributed by atoms with E-state index in [1.54, 1.807) is 13.2 Å². The Balaban J connectivity index is 1.53. The Morgan fingerprint density at radius 2 is 2.06 bits per heavy atom. The third-order valence-electron chi connectivity index (χ3n) is 4.94. The first-order chi connectivity index (χ1) is 14.9. The van der Waals surface area contributed by atoms with Crippen molar-refractivity contribution in [1.29, 1.82) is 0 Å². The third kappa shape index (κ3) is 4.49.